The van der Waals surface area contributed by atoms with Gasteiger partial charge in [0.25, 0.3) is 5.91 Å². The fraction of sp³-hybridized carbons (Fsp3) is 0.150. The number of hydrogen-bond acceptors (Lipinski definition) is 6. The number of carboxylic acids is 1. The highest BCUT2D eigenvalue weighted by atomic mass is 35.5. The average molecular weight is 461 g/mol. The molecule has 11 heteroatoms. The van der Waals surface area contributed by atoms with Crippen molar-refractivity contribution in [3.05, 3.63) is 76.9 Å². The summed E-state index contributed by atoms with van der Waals surface area (Å²) in [4.78, 5) is 28.5. The lowest BCUT2D eigenvalue weighted by Crippen LogP contribution is -2.49. The van der Waals surface area contributed by atoms with Crippen LogP contribution in [0.3, 0.4) is 0 Å². The summed E-state index contributed by atoms with van der Waals surface area (Å²) < 4.78 is 27.9. The van der Waals surface area contributed by atoms with Crippen molar-refractivity contribution < 1.29 is 23.1 Å². The number of para-hydroxylation sites is 1. The number of aliphatic carboxylic acids is 1. The van der Waals surface area contributed by atoms with Crippen LogP contribution in [-0.2, 0) is 26.3 Å². The van der Waals surface area contributed by atoms with Gasteiger partial charge in [-0.3, -0.25) is 14.9 Å². The number of halogens is 1. The van der Waals surface area contributed by atoms with Gasteiger partial charge in [0.1, 0.15) is 11.2 Å². The van der Waals surface area contributed by atoms with Crippen LogP contribution < -0.4 is 10.0 Å². The number of hydrogen-bond donors (Lipinski definition) is 3. The Bertz CT molecular complexity index is 1270. The summed E-state index contributed by atoms with van der Waals surface area (Å²) in [6.07, 6.45) is -1.45. The first kappa shape index (κ1) is 21.2. The maximum atomic E-state index is 12.6. The first-order valence-electron chi connectivity index (χ1n) is 9.17. The normalized spacial score (nSPS) is 19.3. The van der Waals surface area contributed by atoms with E-state index in [1.165, 1.54) is 0 Å². The van der Waals surface area contributed by atoms with E-state index in [0.29, 0.717) is 16.6 Å². The second-order valence-electron chi connectivity index (χ2n) is 6.90. The lowest BCUT2D eigenvalue weighted by atomic mass is 10.1. The minimum absolute atomic E-state index is 0.0878. The largest absolute Gasteiger partial charge is 0.480 e. The van der Waals surface area contributed by atoms with Gasteiger partial charge in [-0.15, -0.1) is 0 Å². The summed E-state index contributed by atoms with van der Waals surface area (Å²) in [6.45, 7) is -0.281. The van der Waals surface area contributed by atoms with Crippen molar-refractivity contribution in [3.63, 3.8) is 0 Å². The Morgan fingerprint density at radius 1 is 1.19 bits per heavy atom. The molecule has 0 bridgehead atoms. The Labute approximate surface area is 182 Å². The molecule has 0 radical (unpaired) electrons. The van der Waals surface area contributed by atoms with Gasteiger partial charge in [0, 0.05) is 17.5 Å². The molecule has 9 nitrogen and oxygen atoms in total. The molecule has 3 N–H and O–H groups in total. The average Bonchev–Trinajstić information content (AvgIpc) is 2.94. The molecule has 1 aromatic heterocycles. The van der Waals surface area contributed by atoms with E-state index in [-0.39, 0.29) is 11.7 Å². The highest BCUT2D eigenvalue weighted by molar-refractivity contribution is 7.88. The molecule has 1 aliphatic rings. The summed E-state index contributed by atoms with van der Waals surface area (Å²) in [7, 11) is -4.22. The number of carbonyl (C=O) groups is 2. The van der Waals surface area contributed by atoms with Gasteiger partial charge < -0.3 is 5.11 Å². The molecule has 0 saturated carbocycles. The Morgan fingerprint density at radius 2 is 1.87 bits per heavy atom. The number of carboxylic acid groups (broad SMARTS) is 1. The molecule has 2 aromatic carbocycles. The van der Waals surface area contributed by atoms with Crippen molar-refractivity contribution in [2.45, 2.75) is 18.8 Å². The van der Waals surface area contributed by atoms with Crippen molar-refractivity contribution in [1.29, 1.82) is 0 Å². The fourth-order valence-corrected chi connectivity index (χ4v) is 4.81. The molecular formula is C20H17ClN4O5S. The maximum absolute atomic E-state index is 12.6. The van der Waals surface area contributed by atoms with E-state index >= 15 is 0 Å². The number of nitrogens with zero attached hydrogens (tertiary/aromatic N) is 2. The van der Waals surface area contributed by atoms with Gasteiger partial charge in [0.05, 0.1) is 5.52 Å². The number of nitrogens with one attached hydrogen (secondary N) is 2. The molecular weight excluding hydrogens is 444 g/mol. The van der Waals surface area contributed by atoms with Gasteiger partial charge >= 0.3 is 16.2 Å². The Morgan fingerprint density at radius 3 is 2.58 bits per heavy atom. The van der Waals surface area contributed by atoms with Gasteiger partial charge in [0.15, 0.2) is 6.17 Å². The smallest absolute Gasteiger partial charge is 0.325 e. The molecule has 1 amide bonds. The highest BCUT2D eigenvalue weighted by Gasteiger charge is 2.46. The van der Waals surface area contributed by atoms with E-state index in [0.717, 1.165) is 9.69 Å². The molecule has 2 atom stereocenters. The molecule has 1 saturated heterocycles. The maximum Gasteiger partial charge on any atom is 0.325 e. The molecule has 3 aromatic rings. The number of benzene rings is 2. The van der Waals surface area contributed by atoms with Crippen LogP contribution in [0.5, 0.6) is 0 Å². The fourth-order valence-electron chi connectivity index (χ4n) is 3.37. The summed E-state index contributed by atoms with van der Waals surface area (Å²) >= 11 is 6.26. The topological polar surface area (TPSA) is 129 Å². The van der Waals surface area contributed by atoms with E-state index in [1.807, 2.05) is 4.72 Å². The number of carbonyl (C=O) groups excluding carboxylic acids is 1. The summed E-state index contributed by atoms with van der Waals surface area (Å²) in [5, 5.41) is 13.1. The molecule has 0 aliphatic carbocycles. The van der Waals surface area contributed by atoms with E-state index < -0.39 is 34.3 Å². The van der Waals surface area contributed by atoms with Crippen molar-refractivity contribution in [1.82, 2.24) is 19.3 Å². The Kier molecular flexibility index (Phi) is 5.63. The van der Waals surface area contributed by atoms with Crippen molar-refractivity contribution in [2.75, 3.05) is 0 Å². The van der Waals surface area contributed by atoms with Crippen LogP contribution in [0.1, 0.15) is 17.2 Å². The van der Waals surface area contributed by atoms with Gasteiger partial charge in [0.2, 0.25) is 0 Å². The second kappa shape index (κ2) is 8.23. The van der Waals surface area contributed by atoms with Crippen molar-refractivity contribution in [3.8, 4) is 0 Å². The monoisotopic (exact) mass is 460 g/mol. The zero-order valence-electron chi connectivity index (χ0n) is 15.9. The van der Waals surface area contributed by atoms with Crippen molar-refractivity contribution in [2.24, 2.45) is 0 Å². The number of amides is 1. The predicted octanol–water partition coefficient (Wildman–Crippen LogP) is 1.81. The third-order valence-corrected chi connectivity index (χ3v) is 6.60. The first-order chi connectivity index (χ1) is 14.8. The van der Waals surface area contributed by atoms with Crippen molar-refractivity contribution >= 4 is 44.6 Å². The zero-order valence-corrected chi connectivity index (χ0v) is 17.5. The second-order valence-corrected chi connectivity index (χ2v) is 8.88. The van der Waals surface area contributed by atoms with E-state index in [1.54, 1.807) is 60.7 Å². The molecule has 1 fully saturated rings. The van der Waals surface area contributed by atoms with E-state index in [9.17, 15) is 23.1 Å². The Hall–Kier alpha value is -3.05. The van der Waals surface area contributed by atoms with Crippen LogP contribution in [0, 0.1) is 0 Å². The van der Waals surface area contributed by atoms with Crippen LogP contribution in [0.25, 0.3) is 10.9 Å². The van der Waals surface area contributed by atoms with Gasteiger partial charge in [-0.25, -0.2) is 9.71 Å². The molecule has 0 spiro atoms. The third-order valence-electron chi connectivity index (χ3n) is 4.86. The van der Waals surface area contributed by atoms with E-state index in [2.05, 4.69) is 10.3 Å². The molecule has 0 unspecified atom stereocenters. The first-order valence-corrected chi connectivity index (χ1v) is 11.0. The lowest BCUT2D eigenvalue weighted by Gasteiger charge is -2.24. The highest BCUT2D eigenvalue weighted by Crippen LogP contribution is 2.26. The Balaban J connectivity index is 1.68. The predicted molar refractivity (Wildman–Crippen MR) is 113 cm³/mol. The molecule has 31 heavy (non-hydrogen) atoms. The SMILES string of the molecule is O=C(O)[C@@H](N[C@H]1C(=O)NS(=O)(=O)N1Cc1cc2ccccc2nc1Cl)c1ccccc1. The van der Waals surface area contributed by atoms with Crippen LogP contribution in [0.15, 0.2) is 60.7 Å². The van der Waals surface area contributed by atoms with Crippen LogP contribution >= 0.6 is 11.6 Å². The zero-order chi connectivity index (χ0) is 22.2. The third kappa shape index (κ3) is 4.23. The standard InChI is InChI=1S/C20H17ClN4O5S/c21-17-14(10-13-8-4-5-9-15(13)22-17)11-25-18(19(26)24-31(25,29)30)23-16(20(27)28)12-6-2-1-3-7-12/h1-10,16,18,23H,11H2,(H,24,26)(H,27,28)/t16-,18+/m0/s1. The minimum atomic E-state index is -4.22. The molecule has 1 aliphatic heterocycles. The quantitative estimate of drug-likeness (QED) is 0.478. The van der Waals surface area contributed by atoms with Crippen LogP contribution in [0.2, 0.25) is 5.15 Å². The number of aromatic nitrogens is 1. The van der Waals surface area contributed by atoms with Gasteiger partial charge in [-0.1, -0.05) is 60.1 Å². The number of rotatable bonds is 6. The summed E-state index contributed by atoms with van der Waals surface area (Å²) in [5.41, 5.74) is 1.38. The van der Waals surface area contributed by atoms with E-state index in [4.69, 9.17) is 11.6 Å². The van der Waals surface area contributed by atoms with Gasteiger partial charge in [-0.05, 0) is 17.7 Å². The molecule has 4 rings (SSSR count). The molecule has 160 valence electrons. The minimum Gasteiger partial charge on any atom is -0.480 e. The number of fused-ring (bicyclic) bond motifs is 1. The number of pyridine rings is 1. The summed E-state index contributed by atoms with van der Waals surface area (Å²) in [5.74, 6) is -2.14. The van der Waals surface area contributed by atoms with Crippen LogP contribution in [0.4, 0.5) is 0 Å². The lowest BCUT2D eigenvalue weighted by molar-refractivity contribution is -0.140. The molecule has 2 heterocycles. The van der Waals surface area contributed by atoms with Gasteiger partial charge in [-0.2, -0.15) is 12.7 Å². The van der Waals surface area contributed by atoms with Crippen LogP contribution in [-0.4, -0.2) is 40.9 Å². The summed E-state index contributed by atoms with van der Waals surface area (Å²) in [6, 6.07) is 15.7.